The number of fused-ring (bicyclic) bond motifs is 6. The number of hydrogen-bond acceptors (Lipinski definition) is 15. The van der Waals surface area contributed by atoms with Gasteiger partial charge in [0.05, 0.1) is 102 Å². The van der Waals surface area contributed by atoms with Gasteiger partial charge >= 0.3 is 36.4 Å². The van der Waals surface area contributed by atoms with Crippen molar-refractivity contribution in [2.45, 2.75) is 33.2 Å². The summed E-state index contributed by atoms with van der Waals surface area (Å²) in [6.07, 6.45) is -13.7. The Hall–Kier alpha value is -12.3. The summed E-state index contributed by atoms with van der Waals surface area (Å²) in [5, 5.41) is 5.45. The summed E-state index contributed by atoms with van der Waals surface area (Å²) in [5.74, 6) is -0.744. The van der Waals surface area contributed by atoms with Crippen molar-refractivity contribution in [2.24, 2.45) is 0 Å². The minimum Gasteiger partial charge on any atom is -0.465 e. The molecule has 554 valence electrons. The van der Waals surface area contributed by atoms with E-state index in [1.54, 1.807) is 48.5 Å². The average Bonchev–Trinajstić information content (AvgIpc) is 1.58. The van der Waals surface area contributed by atoms with Crippen molar-refractivity contribution in [3.63, 3.8) is 0 Å². The molecule has 0 fully saturated rings. The molecule has 0 amide bonds. The van der Waals surface area contributed by atoms with E-state index in [4.69, 9.17) is 24.9 Å². The highest BCUT2D eigenvalue weighted by molar-refractivity contribution is 8.13. The second-order valence-electron chi connectivity index (χ2n) is 23.7. The van der Waals surface area contributed by atoms with E-state index in [2.05, 4.69) is 38.1 Å². The third-order valence-corrected chi connectivity index (χ3v) is 21.8. The molecule has 0 atom stereocenters. The Balaban J connectivity index is 0.000000143. The number of imidazole rings is 3. The van der Waals surface area contributed by atoms with Crippen LogP contribution in [-0.4, -0.2) is 92.4 Å². The lowest BCUT2D eigenvalue weighted by Gasteiger charge is -2.13. The second-order valence-corrected chi connectivity index (χ2v) is 29.8. The van der Waals surface area contributed by atoms with Crippen LogP contribution in [0.1, 0.15) is 47.8 Å². The minimum atomic E-state index is -4.62. The summed E-state index contributed by atoms with van der Waals surface area (Å²) in [5.41, 5.74) is 2.32. The fourth-order valence-electron chi connectivity index (χ4n) is 11.7. The molecule has 0 spiro atoms. The zero-order chi connectivity index (χ0) is 78.1. The first kappa shape index (κ1) is 76.4. The van der Waals surface area contributed by atoms with Crippen LogP contribution in [0.15, 0.2) is 269 Å². The first-order valence-corrected chi connectivity index (χ1v) is 37.1. The largest absolute Gasteiger partial charge is 0.465 e. The van der Waals surface area contributed by atoms with E-state index in [-0.39, 0.29) is 65.5 Å². The van der Waals surface area contributed by atoms with Gasteiger partial charge in [0, 0.05) is 27.4 Å². The predicted octanol–water partition coefficient (Wildman–Crippen LogP) is 18.6. The van der Waals surface area contributed by atoms with E-state index < -0.39 is 76.3 Å². The van der Waals surface area contributed by atoms with Gasteiger partial charge in [-0.15, -0.1) is 0 Å². The molecule has 3 aromatic heterocycles. The standard InChI is InChI=1S/2C26H17F3N2O4S.C19H14N2O2.C7H4ClF3O2S/c1-35-25(32)17-9-14-23-22(15-17)30-24(21-8-4-6-16-5-2-3-7-20(16)21)31(23)36(33,34)19-12-10-18(11-13-19)26(27,28)29;1-35-25(32)17-9-14-22-23(15-17)31(36(33,34)19-12-10-18(11-13-19)26(27,28)29)24(30-22)21-8-4-6-16-5-2-3-7-20(16)21;1-23-19(22)13-9-10-16-17(11-13)21-18(20-16)15-8-4-6-12-5-2-3-7-14(12)15;8-14(12,13)6-3-1-5(2-4-6)7(9,10)11/h2*2-15H,1H3;2-11H,1H3,(H,20,21);1-4H. The number of carbonyl (C=O) groups is 3. The van der Waals surface area contributed by atoms with E-state index in [1.807, 2.05) is 78.9 Å². The summed E-state index contributed by atoms with van der Waals surface area (Å²) < 4.78 is 208. The first-order valence-electron chi connectivity index (χ1n) is 31.9. The van der Waals surface area contributed by atoms with E-state index in [1.165, 1.54) is 63.1 Å². The molecule has 0 unspecified atom stereocenters. The van der Waals surface area contributed by atoms with Gasteiger partial charge < -0.3 is 19.2 Å². The van der Waals surface area contributed by atoms with E-state index >= 15 is 0 Å². The zero-order valence-corrected chi connectivity index (χ0v) is 59.6. The summed E-state index contributed by atoms with van der Waals surface area (Å²) in [4.78, 5) is 51.9. The number of aromatic amines is 1. The third-order valence-electron chi connectivity index (χ3n) is 17.0. The van der Waals surface area contributed by atoms with Gasteiger partial charge in [0.2, 0.25) is 0 Å². The lowest BCUT2D eigenvalue weighted by atomic mass is 10.0. The van der Waals surface area contributed by atoms with Gasteiger partial charge in [0.25, 0.3) is 29.1 Å². The summed E-state index contributed by atoms with van der Waals surface area (Å²) >= 11 is 0. The number of H-pyrrole nitrogens is 1. The zero-order valence-electron chi connectivity index (χ0n) is 56.4. The molecule has 31 heteroatoms. The summed E-state index contributed by atoms with van der Waals surface area (Å²) in [7, 11) is -4.09. The molecule has 0 saturated heterocycles. The van der Waals surface area contributed by atoms with Crippen LogP contribution in [0.5, 0.6) is 0 Å². The molecule has 0 bridgehead atoms. The highest BCUT2D eigenvalue weighted by atomic mass is 35.7. The Bertz CT molecular complexity index is 6320. The number of ether oxygens (including phenoxy) is 3. The Morgan fingerprint density at radius 1 is 0.367 bits per heavy atom. The van der Waals surface area contributed by atoms with Crippen molar-refractivity contribution >= 4 is 123 Å². The molecule has 3 heterocycles. The number of hydrogen-bond donors (Lipinski definition) is 1. The molecular formula is C78H52ClF9N6O12S3. The van der Waals surface area contributed by atoms with Gasteiger partial charge in [-0.25, -0.2) is 62.5 Å². The maximum atomic E-state index is 13.9. The molecule has 12 aromatic carbocycles. The monoisotopic (exact) mass is 1570 g/mol. The lowest BCUT2D eigenvalue weighted by Crippen LogP contribution is -2.15. The molecule has 18 nitrogen and oxygen atoms in total. The van der Waals surface area contributed by atoms with Crippen LogP contribution in [0.4, 0.5) is 39.5 Å². The van der Waals surface area contributed by atoms with Gasteiger partial charge in [-0.1, -0.05) is 127 Å². The molecule has 15 aromatic rings. The molecule has 0 aliphatic rings. The maximum absolute atomic E-state index is 13.9. The number of nitrogens with one attached hydrogen (secondary N) is 1. The van der Waals surface area contributed by atoms with E-state index in [9.17, 15) is 79.2 Å². The number of halogens is 10. The first-order chi connectivity index (χ1) is 51.7. The smallest absolute Gasteiger partial charge is 0.416 e. The number of carbonyl (C=O) groups excluding carboxylic acids is 3. The normalized spacial score (nSPS) is 12.0. The number of methoxy groups -OCH3 is 3. The van der Waals surface area contributed by atoms with Crippen LogP contribution in [0, 0.1) is 0 Å². The van der Waals surface area contributed by atoms with Crippen LogP contribution in [0.3, 0.4) is 0 Å². The third kappa shape index (κ3) is 15.9. The molecule has 109 heavy (non-hydrogen) atoms. The van der Waals surface area contributed by atoms with Gasteiger partial charge in [-0.2, -0.15) is 39.5 Å². The van der Waals surface area contributed by atoms with Crippen molar-refractivity contribution < 1.29 is 93.4 Å². The summed E-state index contributed by atoms with van der Waals surface area (Å²) in [6.45, 7) is 0. The fraction of sp³-hybridized carbons (Fsp3) is 0.0769. The van der Waals surface area contributed by atoms with Crippen molar-refractivity contribution in [3.8, 4) is 34.2 Å². The molecule has 0 aliphatic heterocycles. The quantitative estimate of drug-likeness (QED) is 0.0547. The topological polar surface area (TPSA) is 246 Å². The molecule has 15 rings (SSSR count). The van der Waals surface area contributed by atoms with Gasteiger partial charge in [0.15, 0.2) is 11.6 Å². The summed E-state index contributed by atoms with van der Waals surface area (Å²) in [6, 6.07) is 63.0. The average molecular weight is 1570 g/mol. The van der Waals surface area contributed by atoms with Gasteiger partial charge in [-0.05, 0) is 160 Å². The van der Waals surface area contributed by atoms with Crippen LogP contribution in [0.25, 0.3) is 99.6 Å². The SMILES string of the molecule is COC(=O)c1ccc2c(c1)nc(-c1cccc3ccccc13)n2S(=O)(=O)c1ccc(C(F)(F)F)cc1.COC(=O)c1ccc2nc(-c3cccc4ccccc34)[nH]c2c1.COC(=O)c1ccc2nc(-c3cccc4ccccc34)n(S(=O)(=O)c3ccc(C(F)(F)F)cc3)c2c1.O=S(=O)(Cl)c1ccc(C(F)(F)F)cc1. The Morgan fingerprint density at radius 2 is 0.716 bits per heavy atom. The lowest BCUT2D eigenvalue weighted by molar-refractivity contribution is -0.138. The maximum Gasteiger partial charge on any atom is 0.416 e. The van der Waals surface area contributed by atoms with Gasteiger partial charge in [0.1, 0.15) is 5.82 Å². The number of benzene rings is 12. The van der Waals surface area contributed by atoms with E-state index in [0.29, 0.717) is 41.0 Å². The molecule has 0 radical (unpaired) electrons. The van der Waals surface area contributed by atoms with E-state index in [0.717, 1.165) is 106 Å². The Kier molecular flexibility index (Phi) is 21.2. The minimum absolute atomic E-state index is 0.0590. The highest BCUT2D eigenvalue weighted by Crippen LogP contribution is 2.40. The molecule has 1 N–H and O–H groups in total. The molecule has 0 aliphatic carbocycles. The second kappa shape index (κ2) is 30.2. The van der Waals surface area contributed by atoms with Crippen LogP contribution in [0.2, 0.25) is 0 Å². The van der Waals surface area contributed by atoms with Crippen LogP contribution < -0.4 is 0 Å². The fourth-order valence-corrected chi connectivity index (χ4v) is 15.4. The van der Waals surface area contributed by atoms with Crippen LogP contribution in [-0.2, 0) is 61.8 Å². The molecule has 0 saturated carbocycles. The number of nitrogens with zero attached hydrogens (tertiary/aromatic N) is 5. The Morgan fingerprint density at radius 3 is 1.14 bits per heavy atom. The van der Waals surface area contributed by atoms with Gasteiger partial charge in [-0.3, -0.25) is 0 Å². The van der Waals surface area contributed by atoms with Crippen molar-refractivity contribution in [1.29, 1.82) is 0 Å². The number of alkyl halides is 9. The van der Waals surface area contributed by atoms with Crippen molar-refractivity contribution in [2.75, 3.05) is 21.3 Å². The van der Waals surface area contributed by atoms with Crippen LogP contribution >= 0.6 is 10.7 Å². The van der Waals surface area contributed by atoms with Crippen molar-refractivity contribution in [3.05, 3.63) is 288 Å². The molecular weight excluding hydrogens is 1520 g/mol. The predicted molar refractivity (Wildman–Crippen MR) is 391 cm³/mol. The Labute approximate surface area is 617 Å². The van der Waals surface area contributed by atoms with Crippen molar-refractivity contribution in [1.82, 2.24) is 27.9 Å². The number of esters is 3. The number of aromatic nitrogens is 6. The number of rotatable bonds is 11. The highest BCUT2D eigenvalue weighted by Gasteiger charge is 2.35.